The van der Waals surface area contributed by atoms with E-state index >= 15 is 0 Å². The van der Waals surface area contributed by atoms with Gasteiger partial charge >= 0.3 is 0 Å². The van der Waals surface area contributed by atoms with Crippen LogP contribution in [0.4, 0.5) is 0 Å². The monoisotopic (exact) mass is 409 g/mol. The first-order valence-electron chi connectivity index (χ1n) is 9.83. The highest BCUT2D eigenvalue weighted by atomic mass is 16.6. The van der Waals surface area contributed by atoms with E-state index in [0.29, 0.717) is 43.4 Å². The molecule has 1 saturated heterocycles. The molecule has 2 aliphatic heterocycles. The number of likely N-dealkylation sites (N-methyl/N-ethyl adjacent to an activating group) is 1. The summed E-state index contributed by atoms with van der Waals surface area (Å²) in [5, 5.41) is 13.4. The van der Waals surface area contributed by atoms with Gasteiger partial charge in [0, 0.05) is 18.0 Å². The van der Waals surface area contributed by atoms with Gasteiger partial charge in [-0.05, 0) is 35.4 Å². The van der Waals surface area contributed by atoms with Crippen molar-refractivity contribution in [3.05, 3.63) is 59.4 Å². The first kappa shape index (κ1) is 19.9. The summed E-state index contributed by atoms with van der Waals surface area (Å²) in [5.74, 6) is -0.882. The summed E-state index contributed by atoms with van der Waals surface area (Å²) in [4.78, 5) is 32.4. The molecular weight excluding hydrogens is 386 g/mol. The maximum atomic E-state index is 13.4. The van der Waals surface area contributed by atoms with Crippen LogP contribution in [-0.4, -0.2) is 62.0 Å². The topological polar surface area (TPSA) is 96.2 Å². The van der Waals surface area contributed by atoms with Crippen LogP contribution in [0.25, 0.3) is 5.76 Å². The number of quaternary nitrogens is 1. The molecule has 1 atom stereocenters. The number of fused-ring (bicyclic) bond motifs is 1. The molecule has 4 rings (SSSR count). The number of hydrogen-bond donors (Lipinski definition) is 1. The zero-order valence-electron chi connectivity index (χ0n) is 16.9. The summed E-state index contributed by atoms with van der Waals surface area (Å²) in [6, 6.07) is 7.52. The molecule has 0 radical (unpaired) electrons. The van der Waals surface area contributed by atoms with E-state index < -0.39 is 23.5 Å². The van der Waals surface area contributed by atoms with Gasteiger partial charge in [-0.3, -0.25) is 14.6 Å². The average Bonchev–Trinajstić information content (AvgIpc) is 3.02. The summed E-state index contributed by atoms with van der Waals surface area (Å²) in [6.45, 7) is 1.83. The van der Waals surface area contributed by atoms with Crippen LogP contribution >= 0.6 is 0 Å². The fourth-order valence-electron chi connectivity index (χ4n) is 3.68. The molecule has 0 saturated carbocycles. The largest absolute Gasteiger partial charge is 0.872 e. The van der Waals surface area contributed by atoms with E-state index in [2.05, 4.69) is 4.98 Å². The van der Waals surface area contributed by atoms with Gasteiger partial charge in [-0.1, -0.05) is 11.8 Å². The minimum atomic E-state index is -0.759. The summed E-state index contributed by atoms with van der Waals surface area (Å²) >= 11 is 0. The van der Waals surface area contributed by atoms with Crippen LogP contribution in [-0.2, 0) is 9.59 Å². The third-order valence-electron chi connectivity index (χ3n) is 5.21. The normalized spacial score (nSPS) is 20.1. The zero-order valence-corrected chi connectivity index (χ0v) is 16.9. The van der Waals surface area contributed by atoms with Crippen LogP contribution in [0.3, 0.4) is 0 Å². The van der Waals surface area contributed by atoms with Gasteiger partial charge in [-0.25, -0.2) is 0 Å². The molecule has 0 aliphatic carbocycles. The molecule has 1 aromatic heterocycles. The molecule has 0 bridgehead atoms. The quantitative estimate of drug-likeness (QED) is 0.396. The van der Waals surface area contributed by atoms with Gasteiger partial charge in [0.2, 0.25) is 5.78 Å². The lowest BCUT2D eigenvalue weighted by Gasteiger charge is -2.28. The Morgan fingerprint density at radius 1 is 1.13 bits per heavy atom. The summed E-state index contributed by atoms with van der Waals surface area (Å²) in [5.41, 5.74) is 0.921. The number of ketones is 1. The Hall–Kier alpha value is -3.39. The third kappa shape index (κ3) is 3.61. The van der Waals surface area contributed by atoms with Crippen molar-refractivity contribution >= 4 is 17.4 Å². The fourth-order valence-corrected chi connectivity index (χ4v) is 3.68. The van der Waals surface area contributed by atoms with Crippen molar-refractivity contribution in [1.82, 2.24) is 9.88 Å². The minimum Gasteiger partial charge on any atom is -0.872 e. The lowest BCUT2D eigenvalue weighted by molar-refractivity contribution is -0.857. The Morgan fingerprint density at radius 2 is 1.83 bits per heavy atom. The van der Waals surface area contributed by atoms with E-state index in [1.807, 2.05) is 14.1 Å². The number of carbonyl (C=O) groups excluding carboxylic acids is 2. The van der Waals surface area contributed by atoms with Gasteiger partial charge in [0.15, 0.2) is 11.5 Å². The van der Waals surface area contributed by atoms with E-state index in [9.17, 15) is 14.7 Å². The summed E-state index contributed by atoms with van der Waals surface area (Å²) in [7, 11) is 3.93. The predicted octanol–water partition coefficient (Wildman–Crippen LogP) is -0.779. The van der Waals surface area contributed by atoms with Gasteiger partial charge < -0.3 is 24.4 Å². The molecule has 1 N–H and O–H groups in total. The Bertz CT molecular complexity index is 1000. The van der Waals surface area contributed by atoms with E-state index in [1.54, 1.807) is 42.7 Å². The van der Waals surface area contributed by atoms with Gasteiger partial charge in [0.25, 0.3) is 5.91 Å². The predicted molar refractivity (Wildman–Crippen MR) is 106 cm³/mol. The fraction of sp³-hybridized carbons (Fsp3) is 0.318. The Balaban J connectivity index is 1.81. The molecule has 30 heavy (non-hydrogen) atoms. The number of Topliss-reactive ketones (excluding diaryl/α,β-unsaturated/α-hetero) is 1. The van der Waals surface area contributed by atoms with Gasteiger partial charge in [0.05, 0.1) is 33.2 Å². The number of nitrogens with one attached hydrogen (secondary N) is 1. The molecular formula is C22H23N3O5. The minimum absolute atomic E-state index is 0.0448. The molecule has 2 aliphatic rings. The van der Waals surface area contributed by atoms with Crippen LogP contribution in [0.1, 0.15) is 17.2 Å². The number of rotatable bonds is 5. The molecule has 1 aromatic carbocycles. The first-order chi connectivity index (χ1) is 14.5. The van der Waals surface area contributed by atoms with Crippen LogP contribution in [0, 0.1) is 0 Å². The highest BCUT2D eigenvalue weighted by Crippen LogP contribution is 2.39. The van der Waals surface area contributed by atoms with Crippen LogP contribution in [0.2, 0.25) is 0 Å². The van der Waals surface area contributed by atoms with Crippen LogP contribution in [0.5, 0.6) is 11.5 Å². The molecule has 1 amide bonds. The van der Waals surface area contributed by atoms with E-state index in [-0.39, 0.29) is 11.1 Å². The number of nitrogens with zero attached hydrogens (tertiary/aromatic N) is 2. The van der Waals surface area contributed by atoms with E-state index in [4.69, 9.17) is 9.47 Å². The maximum Gasteiger partial charge on any atom is 0.295 e. The van der Waals surface area contributed by atoms with E-state index in [1.165, 1.54) is 4.90 Å². The van der Waals surface area contributed by atoms with E-state index in [0.717, 1.165) is 4.90 Å². The van der Waals surface area contributed by atoms with Crippen molar-refractivity contribution in [3.8, 4) is 11.5 Å². The number of benzene rings is 1. The number of hydrogen-bond acceptors (Lipinski definition) is 6. The molecule has 1 fully saturated rings. The van der Waals surface area contributed by atoms with Crippen LogP contribution in [0.15, 0.2) is 48.3 Å². The summed E-state index contributed by atoms with van der Waals surface area (Å²) < 4.78 is 11.1. The van der Waals surface area contributed by atoms with Crippen molar-refractivity contribution in [2.75, 3.05) is 40.4 Å². The molecule has 3 heterocycles. The Kier molecular flexibility index (Phi) is 5.41. The Labute approximate surface area is 174 Å². The zero-order chi connectivity index (χ0) is 21.3. The summed E-state index contributed by atoms with van der Waals surface area (Å²) in [6.07, 6.45) is 3.17. The second kappa shape index (κ2) is 8.16. The molecule has 8 heteroatoms. The standard InChI is InChI=1S/C22H23N3O5/c1-24(2)9-10-25-19(14-5-7-23-8-6-14)18(21(27)22(25)28)20(26)15-3-4-16-17(13-15)30-12-11-29-16/h3-8,13,19,26H,9-12H2,1-2H3. The second-order valence-corrected chi connectivity index (χ2v) is 7.57. The smallest absolute Gasteiger partial charge is 0.295 e. The first-order valence-corrected chi connectivity index (χ1v) is 9.83. The third-order valence-corrected chi connectivity index (χ3v) is 5.21. The van der Waals surface area contributed by atoms with Crippen molar-refractivity contribution in [2.24, 2.45) is 0 Å². The molecule has 1 unspecified atom stereocenters. The van der Waals surface area contributed by atoms with Crippen molar-refractivity contribution < 1.29 is 29.1 Å². The lowest BCUT2D eigenvalue weighted by atomic mass is 9.96. The second-order valence-electron chi connectivity index (χ2n) is 7.57. The maximum absolute atomic E-state index is 13.4. The number of ether oxygens (including phenoxy) is 2. The van der Waals surface area contributed by atoms with Crippen LogP contribution < -0.4 is 19.5 Å². The average molecular weight is 409 g/mol. The molecule has 0 spiro atoms. The van der Waals surface area contributed by atoms with Gasteiger partial charge in [-0.2, -0.15) is 0 Å². The highest BCUT2D eigenvalue weighted by molar-refractivity contribution is 6.46. The Morgan fingerprint density at radius 3 is 2.53 bits per heavy atom. The SMILES string of the molecule is C[NH+](C)CCN1C(=O)C(=O)C(=C([O-])c2ccc3c(c2)OCCO3)C1c1ccncc1. The number of pyridine rings is 1. The number of carbonyl (C=O) groups is 2. The van der Waals surface area contributed by atoms with Crippen molar-refractivity contribution in [1.29, 1.82) is 0 Å². The number of amides is 1. The van der Waals surface area contributed by atoms with Crippen molar-refractivity contribution in [2.45, 2.75) is 6.04 Å². The number of likely N-dealkylation sites (tertiary alicyclic amines) is 1. The molecule has 156 valence electrons. The molecule has 2 aromatic rings. The molecule has 8 nitrogen and oxygen atoms in total. The van der Waals surface area contributed by atoms with Gasteiger partial charge in [-0.15, -0.1) is 0 Å². The van der Waals surface area contributed by atoms with Gasteiger partial charge in [0.1, 0.15) is 13.2 Å². The van der Waals surface area contributed by atoms with Crippen molar-refractivity contribution in [3.63, 3.8) is 0 Å². The highest BCUT2D eigenvalue weighted by Gasteiger charge is 2.44. The number of aromatic nitrogens is 1. The lowest BCUT2D eigenvalue weighted by Crippen LogP contribution is -3.06.